The third-order valence-corrected chi connectivity index (χ3v) is 5.12. The highest BCUT2D eigenvalue weighted by atomic mass is 19.1. The van der Waals surface area contributed by atoms with E-state index in [9.17, 15) is 14.4 Å². The number of amides is 1. The van der Waals surface area contributed by atoms with Crippen LogP contribution in [0.25, 0.3) is 16.8 Å². The Morgan fingerprint density at radius 1 is 1.37 bits per heavy atom. The van der Waals surface area contributed by atoms with E-state index < -0.39 is 18.0 Å². The summed E-state index contributed by atoms with van der Waals surface area (Å²) >= 11 is 0. The Bertz CT molecular complexity index is 1080. The Balaban J connectivity index is 1.45. The average Bonchev–Trinajstić information content (AvgIpc) is 3.05. The topological polar surface area (TPSA) is 91.5 Å². The molecule has 2 atom stereocenters. The fourth-order valence-electron chi connectivity index (χ4n) is 3.48. The Hall–Kier alpha value is -3.28. The quantitative estimate of drug-likeness (QED) is 0.676. The van der Waals surface area contributed by atoms with Crippen LogP contribution in [0, 0.1) is 17.1 Å². The molecule has 1 aliphatic heterocycles. The maximum Gasteiger partial charge on any atom is 0.251 e. The summed E-state index contributed by atoms with van der Waals surface area (Å²) in [5.41, 5.74) is 2.71. The summed E-state index contributed by atoms with van der Waals surface area (Å²) < 4.78 is 22.1. The minimum absolute atomic E-state index is 0.0772. The number of halogens is 1. The minimum Gasteiger partial charge on any atom is -0.367 e. The van der Waals surface area contributed by atoms with E-state index in [0.29, 0.717) is 18.7 Å². The first kappa shape index (κ1) is 20.0. The summed E-state index contributed by atoms with van der Waals surface area (Å²) in [6.45, 7) is 1.67. The standard InChI is InChI=1S/C22H22FN5O2/c23-19-11-15(16-4-7-28-8-6-26-21(28)12-16)2-3-17(19)10-18(13-24)27-22(29)20-14-25-5-1-9-30-20/h2-4,6-8,11-12,18,20,25H,1,5,9-10,14H2,(H,27,29). The molecule has 154 valence electrons. The Morgan fingerprint density at radius 3 is 3.07 bits per heavy atom. The Kier molecular flexibility index (Phi) is 6.02. The largest absolute Gasteiger partial charge is 0.367 e. The molecule has 3 aromatic rings. The third-order valence-electron chi connectivity index (χ3n) is 5.12. The number of carbonyl (C=O) groups excluding carboxylic acids is 1. The van der Waals surface area contributed by atoms with Crippen LogP contribution in [0.15, 0.2) is 48.9 Å². The van der Waals surface area contributed by atoms with E-state index in [2.05, 4.69) is 15.6 Å². The summed E-state index contributed by atoms with van der Waals surface area (Å²) in [6, 6.07) is 9.88. The number of carbonyl (C=O) groups is 1. The third kappa shape index (κ3) is 4.48. The van der Waals surface area contributed by atoms with Crippen molar-refractivity contribution in [2.24, 2.45) is 0 Å². The lowest BCUT2D eigenvalue weighted by Crippen LogP contribution is -2.46. The van der Waals surface area contributed by atoms with Crippen molar-refractivity contribution < 1.29 is 13.9 Å². The van der Waals surface area contributed by atoms with Gasteiger partial charge in [0.1, 0.15) is 23.6 Å². The SMILES string of the molecule is N#CC(Cc1ccc(-c2ccn3ccnc3c2)cc1F)NC(=O)C1CNCCCO1. The molecule has 0 radical (unpaired) electrons. The lowest BCUT2D eigenvalue weighted by molar-refractivity contribution is -0.132. The van der Waals surface area contributed by atoms with Gasteiger partial charge in [-0.3, -0.25) is 4.79 Å². The van der Waals surface area contributed by atoms with E-state index in [4.69, 9.17) is 4.74 Å². The van der Waals surface area contributed by atoms with E-state index in [1.54, 1.807) is 12.3 Å². The highest BCUT2D eigenvalue weighted by molar-refractivity contribution is 5.81. The number of benzene rings is 1. The van der Waals surface area contributed by atoms with Gasteiger partial charge in [-0.15, -0.1) is 0 Å². The van der Waals surface area contributed by atoms with E-state index in [0.717, 1.165) is 29.7 Å². The summed E-state index contributed by atoms with van der Waals surface area (Å²) in [5.74, 6) is -0.779. The first-order valence-corrected chi connectivity index (χ1v) is 9.88. The van der Waals surface area contributed by atoms with Crippen molar-refractivity contribution in [1.29, 1.82) is 5.26 Å². The number of pyridine rings is 1. The number of hydrogen-bond donors (Lipinski definition) is 2. The number of rotatable bonds is 5. The number of fused-ring (bicyclic) bond motifs is 1. The molecule has 0 aliphatic carbocycles. The Labute approximate surface area is 173 Å². The molecule has 1 amide bonds. The van der Waals surface area contributed by atoms with Crippen LogP contribution in [-0.2, 0) is 16.0 Å². The second-order valence-corrected chi connectivity index (χ2v) is 7.23. The Morgan fingerprint density at radius 2 is 2.23 bits per heavy atom. The number of ether oxygens (including phenoxy) is 1. The molecule has 2 unspecified atom stereocenters. The van der Waals surface area contributed by atoms with Gasteiger partial charge in [-0.2, -0.15) is 5.26 Å². The predicted octanol–water partition coefficient (Wildman–Crippen LogP) is 2.07. The van der Waals surface area contributed by atoms with Crippen LogP contribution in [-0.4, -0.2) is 47.1 Å². The van der Waals surface area contributed by atoms with Crippen molar-refractivity contribution in [2.45, 2.75) is 25.0 Å². The first-order chi connectivity index (χ1) is 14.6. The molecule has 2 N–H and O–H groups in total. The molecule has 4 rings (SSSR count). The summed E-state index contributed by atoms with van der Waals surface area (Å²) in [7, 11) is 0. The molecule has 1 fully saturated rings. The van der Waals surface area contributed by atoms with Gasteiger partial charge in [0.2, 0.25) is 0 Å². The second kappa shape index (κ2) is 9.03. The fourth-order valence-corrected chi connectivity index (χ4v) is 3.48. The smallest absolute Gasteiger partial charge is 0.251 e. The fraction of sp³-hybridized carbons (Fsp3) is 0.318. The van der Waals surface area contributed by atoms with Crippen LogP contribution in [0.5, 0.6) is 0 Å². The normalized spacial score (nSPS) is 17.8. The zero-order chi connectivity index (χ0) is 20.9. The monoisotopic (exact) mass is 407 g/mol. The van der Waals surface area contributed by atoms with Gasteiger partial charge in [0, 0.05) is 38.2 Å². The highest BCUT2D eigenvalue weighted by Gasteiger charge is 2.24. The number of nitrogens with zero attached hydrogens (tertiary/aromatic N) is 3. The number of imidazole rings is 1. The van der Waals surface area contributed by atoms with E-state index in [1.165, 1.54) is 6.07 Å². The molecule has 1 aromatic carbocycles. The molecule has 3 heterocycles. The molecular formula is C22H22FN5O2. The van der Waals surface area contributed by atoms with Crippen LogP contribution >= 0.6 is 0 Å². The van der Waals surface area contributed by atoms with Crippen LogP contribution in [0.2, 0.25) is 0 Å². The van der Waals surface area contributed by atoms with Crippen LogP contribution in [0.1, 0.15) is 12.0 Å². The molecule has 1 saturated heterocycles. The highest BCUT2D eigenvalue weighted by Crippen LogP contribution is 2.23. The van der Waals surface area contributed by atoms with Crippen molar-refractivity contribution in [3.8, 4) is 17.2 Å². The molecule has 7 nitrogen and oxygen atoms in total. The summed E-state index contributed by atoms with van der Waals surface area (Å²) in [6.07, 6.45) is 5.68. The number of nitriles is 1. The molecule has 0 bridgehead atoms. The maximum absolute atomic E-state index is 14.8. The summed E-state index contributed by atoms with van der Waals surface area (Å²) in [4.78, 5) is 16.6. The van der Waals surface area contributed by atoms with Gasteiger partial charge in [-0.1, -0.05) is 12.1 Å². The lowest BCUT2D eigenvalue weighted by Gasteiger charge is -2.18. The molecule has 0 saturated carbocycles. The summed E-state index contributed by atoms with van der Waals surface area (Å²) in [5, 5.41) is 15.2. The van der Waals surface area contributed by atoms with Gasteiger partial charge in [0.25, 0.3) is 5.91 Å². The van der Waals surface area contributed by atoms with Crippen LogP contribution in [0.4, 0.5) is 4.39 Å². The van der Waals surface area contributed by atoms with Gasteiger partial charge in [-0.25, -0.2) is 9.37 Å². The van der Waals surface area contributed by atoms with Crippen molar-refractivity contribution in [2.75, 3.05) is 19.7 Å². The zero-order valence-electron chi connectivity index (χ0n) is 16.3. The van der Waals surface area contributed by atoms with Crippen molar-refractivity contribution >= 4 is 11.6 Å². The molecule has 1 aliphatic rings. The van der Waals surface area contributed by atoms with Crippen molar-refractivity contribution in [1.82, 2.24) is 20.0 Å². The molecule has 8 heteroatoms. The van der Waals surface area contributed by atoms with E-state index >= 15 is 0 Å². The van der Waals surface area contributed by atoms with Crippen LogP contribution in [0.3, 0.4) is 0 Å². The maximum atomic E-state index is 14.8. The number of hydrogen-bond acceptors (Lipinski definition) is 5. The van der Waals surface area contributed by atoms with E-state index in [1.807, 2.05) is 41.1 Å². The second-order valence-electron chi connectivity index (χ2n) is 7.23. The first-order valence-electron chi connectivity index (χ1n) is 9.88. The van der Waals surface area contributed by atoms with Gasteiger partial charge < -0.3 is 19.8 Å². The average molecular weight is 407 g/mol. The van der Waals surface area contributed by atoms with Crippen LogP contribution < -0.4 is 10.6 Å². The van der Waals surface area contributed by atoms with Gasteiger partial charge >= 0.3 is 0 Å². The van der Waals surface area contributed by atoms with Gasteiger partial charge in [-0.05, 0) is 47.9 Å². The lowest BCUT2D eigenvalue weighted by atomic mass is 10.0. The molecule has 2 aromatic heterocycles. The van der Waals surface area contributed by atoms with Crippen molar-refractivity contribution in [3.05, 3.63) is 60.3 Å². The molecule has 0 spiro atoms. The zero-order valence-corrected chi connectivity index (χ0v) is 16.3. The van der Waals surface area contributed by atoms with Gasteiger partial charge in [0.05, 0.1) is 6.07 Å². The van der Waals surface area contributed by atoms with E-state index in [-0.39, 0.29) is 12.3 Å². The number of nitrogens with one attached hydrogen (secondary N) is 2. The predicted molar refractivity (Wildman–Crippen MR) is 109 cm³/mol. The minimum atomic E-state index is -0.842. The molecule has 30 heavy (non-hydrogen) atoms. The molecular weight excluding hydrogens is 385 g/mol. The van der Waals surface area contributed by atoms with Gasteiger partial charge in [0.15, 0.2) is 0 Å². The number of aromatic nitrogens is 2. The van der Waals surface area contributed by atoms with Crippen molar-refractivity contribution in [3.63, 3.8) is 0 Å².